The van der Waals surface area contributed by atoms with Crippen molar-refractivity contribution in [3.8, 4) is 0 Å². The van der Waals surface area contributed by atoms with Crippen molar-refractivity contribution < 1.29 is 37.7 Å². The Morgan fingerprint density at radius 1 is 1.27 bits per heavy atom. The van der Waals surface area contributed by atoms with Crippen LogP contribution < -0.4 is 0 Å². The van der Waals surface area contributed by atoms with Gasteiger partial charge in [-0.2, -0.15) is 0 Å². The summed E-state index contributed by atoms with van der Waals surface area (Å²) in [5, 5.41) is 11.4. The van der Waals surface area contributed by atoms with E-state index in [1.165, 1.54) is 12.2 Å². The molecule has 0 saturated heterocycles. The zero-order valence-corrected chi connectivity index (χ0v) is 19.5. The van der Waals surface area contributed by atoms with E-state index in [1.54, 1.807) is 33.8 Å². The van der Waals surface area contributed by atoms with Crippen molar-refractivity contribution in [2.75, 3.05) is 6.86 Å². The van der Waals surface area contributed by atoms with Gasteiger partial charge in [0.25, 0.3) is 0 Å². The molecular weight excluding hydrogens is 434 g/mol. The average molecular weight is 467 g/mol. The van der Waals surface area contributed by atoms with Gasteiger partial charge >= 0.3 is 11.9 Å². The molecule has 0 aromatic rings. The minimum absolute atomic E-state index is 0.00218. The van der Waals surface area contributed by atoms with Crippen molar-refractivity contribution in [3.05, 3.63) is 23.8 Å². The van der Waals surface area contributed by atoms with Crippen LogP contribution in [0.2, 0.25) is 0 Å². The second-order valence-corrected chi connectivity index (χ2v) is 10.5. The second kappa shape index (κ2) is 7.72. The molecule has 0 aromatic heterocycles. The van der Waals surface area contributed by atoms with Crippen LogP contribution in [0.1, 0.15) is 59.8 Å². The van der Waals surface area contributed by atoms with E-state index in [9.17, 15) is 23.9 Å². The fraction of sp³-hybridized carbons (Fsp3) is 0.720. The van der Waals surface area contributed by atoms with E-state index >= 15 is 4.39 Å². The number of rotatable bonds is 4. The summed E-state index contributed by atoms with van der Waals surface area (Å²) in [5.41, 5.74) is -5.57. The van der Waals surface area contributed by atoms with Gasteiger partial charge in [0, 0.05) is 29.1 Å². The van der Waals surface area contributed by atoms with Crippen LogP contribution in [-0.2, 0) is 23.9 Å². The maximum atomic E-state index is 17.2. The number of ketones is 1. The normalized spacial score (nSPS) is 46.0. The van der Waals surface area contributed by atoms with E-state index in [4.69, 9.17) is 9.47 Å². The largest absolute Gasteiger partial charge is 0.446 e. The Hall–Kier alpha value is -2.09. The lowest BCUT2D eigenvalue weighted by Crippen LogP contribution is -2.70. The number of hydrogen-bond acceptors (Lipinski definition) is 6. The van der Waals surface area contributed by atoms with Crippen LogP contribution in [0, 0.1) is 28.6 Å². The smallest absolute Gasteiger partial charge is 0.353 e. The number of fused-ring (bicyclic) bond motifs is 5. The highest BCUT2D eigenvalue weighted by Crippen LogP contribution is 2.71. The molecular formula is C25H32F2O6. The Bertz CT molecular complexity index is 945. The van der Waals surface area contributed by atoms with E-state index in [0.29, 0.717) is 24.8 Å². The van der Waals surface area contributed by atoms with Crippen molar-refractivity contribution >= 4 is 17.7 Å². The summed E-state index contributed by atoms with van der Waals surface area (Å²) in [4.78, 5) is 37.6. The van der Waals surface area contributed by atoms with Crippen molar-refractivity contribution in [2.45, 2.75) is 77.2 Å². The molecule has 0 unspecified atom stereocenters. The number of carbonyl (C=O) groups is 3. The van der Waals surface area contributed by atoms with Gasteiger partial charge in [-0.25, -0.2) is 13.6 Å². The third-order valence-corrected chi connectivity index (χ3v) is 9.23. The van der Waals surface area contributed by atoms with Crippen LogP contribution in [0.3, 0.4) is 0 Å². The van der Waals surface area contributed by atoms with Crippen molar-refractivity contribution in [1.29, 1.82) is 0 Å². The number of esters is 2. The molecule has 1 N–H and O–H groups in total. The zero-order valence-electron chi connectivity index (χ0n) is 19.5. The molecule has 0 bridgehead atoms. The highest BCUT2D eigenvalue weighted by Gasteiger charge is 2.78. The first-order valence-corrected chi connectivity index (χ1v) is 11.7. The first-order chi connectivity index (χ1) is 15.4. The van der Waals surface area contributed by atoms with E-state index in [0.717, 1.165) is 0 Å². The van der Waals surface area contributed by atoms with Crippen molar-refractivity contribution in [2.24, 2.45) is 28.6 Å². The van der Waals surface area contributed by atoms with Crippen LogP contribution in [0.15, 0.2) is 23.8 Å². The number of halogens is 2. The van der Waals surface area contributed by atoms with E-state index in [1.807, 2.05) is 0 Å². The minimum Gasteiger partial charge on any atom is -0.446 e. The minimum atomic E-state index is -2.08. The molecule has 8 heteroatoms. The summed E-state index contributed by atoms with van der Waals surface area (Å²) in [5.74, 6) is -3.48. The lowest BCUT2D eigenvalue weighted by Gasteiger charge is -2.62. The SMILES string of the molecule is CCC(=O)O[C@@]1(C(=O)OCF)[C@@H](C)C[C@H]2[C@@H]3CCC4=CC(=O)C=C[C@]4(C)[C@@]3(F)[C@@H](O)C[C@@]21C. The molecule has 182 valence electrons. The number of aliphatic hydroxyl groups is 1. The first-order valence-electron chi connectivity index (χ1n) is 11.7. The number of carbonyl (C=O) groups excluding carboxylic acids is 3. The van der Waals surface area contributed by atoms with Crippen LogP contribution in [0.4, 0.5) is 8.78 Å². The zero-order chi connectivity index (χ0) is 24.4. The maximum absolute atomic E-state index is 17.2. The van der Waals surface area contributed by atoms with Gasteiger partial charge in [-0.05, 0) is 50.7 Å². The molecule has 3 saturated carbocycles. The Balaban J connectivity index is 1.84. The summed E-state index contributed by atoms with van der Waals surface area (Å²) >= 11 is 0. The Morgan fingerprint density at radius 2 is 1.97 bits per heavy atom. The molecule has 4 aliphatic rings. The van der Waals surface area contributed by atoms with Gasteiger partial charge < -0.3 is 14.6 Å². The molecule has 0 aliphatic heterocycles. The summed E-state index contributed by atoms with van der Waals surface area (Å²) < 4.78 is 40.8. The quantitative estimate of drug-likeness (QED) is 0.635. The highest BCUT2D eigenvalue weighted by molar-refractivity contribution is 6.01. The molecule has 0 spiro atoms. The Morgan fingerprint density at radius 3 is 2.61 bits per heavy atom. The summed E-state index contributed by atoms with van der Waals surface area (Å²) in [6.45, 7) is 5.38. The number of hydrogen-bond donors (Lipinski definition) is 1. The number of aliphatic hydroxyl groups excluding tert-OH is 1. The predicted molar refractivity (Wildman–Crippen MR) is 114 cm³/mol. The van der Waals surface area contributed by atoms with Gasteiger partial charge in [0.2, 0.25) is 12.5 Å². The molecule has 6 nitrogen and oxygen atoms in total. The molecule has 0 radical (unpaired) electrons. The number of ether oxygens (including phenoxy) is 2. The summed E-state index contributed by atoms with van der Waals surface area (Å²) in [6, 6.07) is 0. The highest BCUT2D eigenvalue weighted by atomic mass is 19.1. The maximum Gasteiger partial charge on any atom is 0.353 e. The third kappa shape index (κ3) is 2.88. The van der Waals surface area contributed by atoms with Gasteiger partial charge in [0.1, 0.15) is 0 Å². The van der Waals surface area contributed by atoms with E-state index in [2.05, 4.69) is 0 Å². The molecule has 33 heavy (non-hydrogen) atoms. The van der Waals surface area contributed by atoms with Gasteiger partial charge in [-0.1, -0.05) is 32.4 Å². The van der Waals surface area contributed by atoms with E-state index in [-0.39, 0.29) is 18.6 Å². The van der Waals surface area contributed by atoms with Gasteiger partial charge in [0.05, 0.1) is 6.10 Å². The summed E-state index contributed by atoms with van der Waals surface area (Å²) in [6.07, 6.45) is 3.90. The fourth-order valence-electron chi connectivity index (χ4n) is 7.63. The molecule has 0 heterocycles. The van der Waals surface area contributed by atoms with Crippen LogP contribution in [-0.4, -0.2) is 47.1 Å². The van der Waals surface area contributed by atoms with Crippen LogP contribution >= 0.6 is 0 Å². The predicted octanol–water partition coefficient (Wildman–Crippen LogP) is 3.77. The number of alkyl halides is 2. The van der Waals surface area contributed by atoms with Crippen molar-refractivity contribution in [3.63, 3.8) is 0 Å². The van der Waals surface area contributed by atoms with E-state index < -0.39 is 64.8 Å². The average Bonchev–Trinajstić information content (AvgIpc) is 2.97. The molecule has 4 rings (SSSR count). The van der Waals surface area contributed by atoms with Crippen LogP contribution in [0.25, 0.3) is 0 Å². The fourth-order valence-corrected chi connectivity index (χ4v) is 7.63. The summed E-state index contributed by atoms with van der Waals surface area (Å²) in [7, 11) is 0. The molecule has 8 atom stereocenters. The first kappa shape index (κ1) is 24.0. The Labute approximate surface area is 192 Å². The lowest BCUT2D eigenvalue weighted by atomic mass is 9.44. The van der Waals surface area contributed by atoms with Crippen LogP contribution in [0.5, 0.6) is 0 Å². The number of allylic oxidation sites excluding steroid dienone is 4. The van der Waals surface area contributed by atoms with Crippen molar-refractivity contribution in [1.82, 2.24) is 0 Å². The Kier molecular flexibility index (Phi) is 5.62. The molecule has 0 aromatic carbocycles. The molecule has 3 fully saturated rings. The third-order valence-electron chi connectivity index (χ3n) is 9.23. The standard InChI is InChI=1S/C25H32F2O6/c1-5-20(30)33-25(21(31)32-13-26)14(2)10-18-17-7-6-15-11-16(28)8-9-22(15,3)24(17,27)19(29)12-23(18,25)4/h8-9,11,14,17-19,29H,5-7,10,12-13H2,1-4H3/t14-,17-,18-,19-,22-,23-,24-,25+/m0/s1. The van der Waals surface area contributed by atoms with Gasteiger partial charge in [-0.3, -0.25) is 9.59 Å². The topological polar surface area (TPSA) is 89.9 Å². The second-order valence-electron chi connectivity index (χ2n) is 10.5. The molecule has 4 aliphatic carbocycles. The lowest BCUT2D eigenvalue weighted by molar-refractivity contribution is -0.237. The monoisotopic (exact) mass is 466 g/mol. The molecule has 0 amide bonds. The van der Waals surface area contributed by atoms with Gasteiger partial charge in [-0.15, -0.1) is 0 Å². The van der Waals surface area contributed by atoms with Gasteiger partial charge in [0.15, 0.2) is 11.5 Å².